The highest BCUT2D eigenvalue weighted by atomic mass is 15.2. The van der Waals surface area contributed by atoms with Gasteiger partial charge >= 0.3 is 0 Å². The molecule has 0 aliphatic carbocycles. The predicted octanol–water partition coefficient (Wildman–Crippen LogP) is 28.8. The van der Waals surface area contributed by atoms with Crippen LogP contribution in [0.3, 0.4) is 0 Å². The summed E-state index contributed by atoms with van der Waals surface area (Å²) in [4.78, 5) is 14.0. The Bertz CT molecular complexity index is 5360. The first-order chi connectivity index (χ1) is 52.4. The van der Waals surface area contributed by atoms with Gasteiger partial charge in [0.05, 0.1) is 11.4 Å². The van der Waals surface area contributed by atoms with E-state index in [0.29, 0.717) is 0 Å². The van der Waals surface area contributed by atoms with Crippen molar-refractivity contribution in [2.24, 2.45) is 0 Å². The van der Waals surface area contributed by atoms with E-state index >= 15 is 0 Å². The van der Waals surface area contributed by atoms with Gasteiger partial charge in [0, 0.05) is 102 Å². The van der Waals surface area contributed by atoms with Crippen molar-refractivity contribution < 1.29 is 0 Å². The van der Waals surface area contributed by atoms with Crippen molar-refractivity contribution in [2.75, 3.05) is 29.4 Å². The molecule has 0 unspecified atom stereocenters. The number of anilines is 18. The molecule has 0 fully saturated rings. The van der Waals surface area contributed by atoms with Gasteiger partial charge in [-0.25, -0.2) is 0 Å². The second-order valence-electron chi connectivity index (χ2n) is 26.3. The third-order valence-corrected chi connectivity index (χ3v) is 19.3. The lowest BCUT2D eigenvalue weighted by Crippen LogP contribution is -2.14. The Morgan fingerprint density at radius 3 is 0.604 bits per heavy atom. The minimum Gasteiger partial charge on any atom is -0.311 e. The summed E-state index contributed by atoms with van der Waals surface area (Å²) in [5.74, 6) is 0. The second kappa shape index (κ2) is 31.1. The predicted molar refractivity (Wildman–Crippen MR) is 451 cm³/mol. The standard InChI is InChI=1S/C56H46N4.C44H32N2/c1-43-17-15-27-55(41-43)59(47-23-11-5-12-24-47)53-37-33-51(34-38-53)58(50-31-29-49(30-32-50)57(45-19-7-3-8-20-45)46-21-9-4-10-22-46)52-35-39-54(40-36-52)60(48-25-13-6-14-26-48)56-28-16-18-44(2)42-56;1-3-17-37(18-4-1)45(43-23-11-15-35-13-7-9-21-41(35)43)39-29-25-33(26-30-39)34-27-31-40(32-28-34)46(38-19-5-2-6-20-38)44-24-12-16-36-14-8-10-22-42(36)44/h3-42H,1-2H3;1-32H. The molecule has 0 spiro atoms. The summed E-state index contributed by atoms with van der Waals surface area (Å²) >= 11 is 0. The molecule has 17 aromatic rings. The van der Waals surface area contributed by atoms with Gasteiger partial charge in [-0.2, -0.15) is 0 Å². The zero-order valence-corrected chi connectivity index (χ0v) is 59.3. The monoisotopic (exact) mass is 1360 g/mol. The van der Waals surface area contributed by atoms with E-state index in [1.54, 1.807) is 0 Å². The molecule has 6 heteroatoms. The maximum absolute atomic E-state index is 2.34. The summed E-state index contributed by atoms with van der Waals surface area (Å²) in [5.41, 5.74) is 24.7. The van der Waals surface area contributed by atoms with Gasteiger partial charge in [0.2, 0.25) is 0 Å². The van der Waals surface area contributed by atoms with E-state index in [1.165, 1.54) is 43.8 Å². The van der Waals surface area contributed by atoms with Crippen molar-refractivity contribution >= 4 is 124 Å². The quantitative estimate of drug-likeness (QED) is 0.0798. The van der Waals surface area contributed by atoms with Gasteiger partial charge in [-0.1, -0.05) is 231 Å². The maximum Gasteiger partial charge on any atom is 0.0540 e. The molecule has 0 saturated heterocycles. The summed E-state index contributed by atoms with van der Waals surface area (Å²) in [6, 6.07) is 156. The minimum absolute atomic E-state index is 1.05. The number of aryl methyl sites for hydroxylation is 2. The van der Waals surface area contributed by atoms with Crippen LogP contribution in [0.1, 0.15) is 11.1 Å². The van der Waals surface area contributed by atoms with Crippen LogP contribution in [-0.2, 0) is 0 Å². The molecule has 0 saturated carbocycles. The Kier molecular flexibility index (Phi) is 19.6. The summed E-state index contributed by atoms with van der Waals surface area (Å²) in [7, 11) is 0. The molecule has 0 heterocycles. The molecular formula is C100H78N6. The van der Waals surface area contributed by atoms with Crippen molar-refractivity contribution in [3.63, 3.8) is 0 Å². The highest BCUT2D eigenvalue weighted by Crippen LogP contribution is 2.46. The SMILES string of the molecule is Cc1cccc(N(c2ccccc2)c2ccc(N(c3ccc(N(c4ccccc4)c4ccccc4)cc3)c3ccc(N(c4ccccc4)c4cccc(C)c4)cc3)cc2)c1.c1ccc(N(c2ccc(-c3ccc(N(c4ccccc4)c4cccc5ccccc45)cc3)cc2)c2cccc3ccccc23)cc1. The Morgan fingerprint density at radius 1 is 0.142 bits per heavy atom. The Labute approximate surface area is 622 Å². The third kappa shape index (κ3) is 14.5. The van der Waals surface area contributed by atoms with Crippen LogP contribution < -0.4 is 29.4 Å². The first-order valence-corrected chi connectivity index (χ1v) is 36.1. The summed E-state index contributed by atoms with van der Waals surface area (Å²) in [6.45, 7) is 4.28. The first kappa shape index (κ1) is 66.6. The number of benzene rings is 17. The fourth-order valence-corrected chi connectivity index (χ4v) is 14.3. The number of para-hydroxylation sites is 6. The molecule has 6 nitrogen and oxygen atoms in total. The zero-order chi connectivity index (χ0) is 71.4. The topological polar surface area (TPSA) is 19.4 Å². The van der Waals surface area contributed by atoms with E-state index in [-0.39, 0.29) is 0 Å². The molecule has 0 atom stereocenters. The molecule has 0 radical (unpaired) electrons. The van der Waals surface area contributed by atoms with Crippen molar-refractivity contribution in [1.82, 2.24) is 0 Å². The average Bonchev–Trinajstić information content (AvgIpc) is 0.787. The summed E-state index contributed by atoms with van der Waals surface area (Å²) in [6.07, 6.45) is 0. The lowest BCUT2D eigenvalue weighted by molar-refractivity contribution is 1.23. The van der Waals surface area contributed by atoms with Gasteiger partial charge in [0.1, 0.15) is 0 Å². The molecule has 17 rings (SSSR count). The molecule has 17 aromatic carbocycles. The van der Waals surface area contributed by atoms with Crippen LogP contribution in [0.15, 0.2) is 437 Å². The van der Waals surface area contributed by atoms with Gasteiger partial charge in [0.15, 0.2) is 0 Å². The van der Waals surface area contributed by atoms with E-state index in [4.69, 9.17) is 0 Å². The van der Waals surface area contributed by atoms with Crippen LogP contribution in [0.5, 0.6) is 0 Å². The largest absolute Gasteiger partial charge is 0.311 e. The normalized spacial score (nSPS) is 10.9. The van der Waals surface area contributed by atoms with Crippen LogP contribution in [0.2, 0.25) is 0 Å². The third-order valence-electron chi connectivity index (χ3n) is 19.3. The Hall–Kier alpha value is -13.9. The fourth-order valence-electron chi connectivity index (χ4n) is 14.3. The molecule has 0 amide bonds. The fraction of sp³-hybridized carbons (Fsp3) is 0.0200. The molecule has 0 aromatic heterocycles. The van der Waals surface area contributed by atoms with Crippen molar-refractivity contribution in [3.8, 4) is 11.1 Å². The molecule has 0 aliphatic rings. The number of hydrogen-bond acceptors (Lipinski definition) is 6. The van der Waals surface area contributed by atoms with Crippen LogP contribution in [0.4, 0.5) is 102 Å². The van der Waals surface area contributed by atoms with Gasteiger partial charge in [-0.15, -0.1) is 0 Å². The lowest BCUT2D eigenvalue weighted by atomic mass is 10.0. The zero-order valence-electron chi connectivity index (χ0n) is 59.3. The summed E-state index contributed by atoms with van der Waals surface area (Å²) in [5, 5.41) is 4.90. The van der Waals surface area contributed by atoms with E-state index in [1.807, 2.05) is 0 Å². The Balaban J connectivity index is 0.000000168. The van der Waals surface area contributed by atoms with E-state index in [0.717, 1.165) is 102 Å². The van der Waals surface area contributed by atoms with Crippen molar-refractivity contribution in [1.29, 1.82) is 0 Å². The maximum atomic E-state index is 2.34. The second-order valence-corrected chi connectivity index (χ2v) is 26.3. The molecule has 0 aliphatic heterocycles. The number of nitrogens with zero attached hydrogens (tertiary/aromatic N) is 6. The van der Waals surface area contributed by atoms with Crippen molar-refractivity contribution in [2.45, 2.75) is 13.8 Å². The number of hydrogen-bond donors (Lipinski definition) is 0. The van der Waals surface area contributed by atoms with Crippen LogP contribution in [0, 0.1) is 13.8 Å². The molecular weight excluding hydrogens is 1290 g/mol. The van der Waals surface area contributed by atoms with Crippen LogP contribution in [-0.4, -0.2) is 0 Å². The minimum atomic E-state index is 1.05. The highest BCUT2D eigenvalue weighted by molar-refractivity contribution is 6.01. The number of rotatable bonds is 19. The lowest BCUT2D eigenvalue weighted by Gasteiger charge is -2.30. The van der Waals surface area contributed by atoms with Gasteiger partial charge in [0.25, 0.3) is 0 Å². The molecule has 508 valence electrons. The van der Waals surface area contributed by atoms with Crippen LogP contribution >= 0.6 is 0 Å². The smallest absolute Gasteiger partial charge is 0.0540 e. The van der Waals surface area contributed by atoms with E-state index < -0.39 is 0 Å². The summed E-state index contributed by atoms with van der Waals surface area (Å²) < 4.78 is 0. The van der Waals surface area contributed by atoms with Crippen molar-refractivity contribution in [3.05, 3.63) is 448 Å². The Morgan fingerprint density at radius 2 is 0.330 bits per heavy atom. The van der Waals surface area contributed by atoms with Gasteiger partial charge in [-0.3, -0.25) is 0 Å². The molecule has 0 N–H and O–H groups in total. The average molecular weight is 1360 g/mol. The van der Waals surface area contributed by atoms with Crippen LogP contribution in [0.25, 0.3) is 32.7 Å². The molecule has 106 heavy (non-hydrogen) atoms. The van der Waals surface area contributed by atoms with Gasteiger partial charge in [-0.05, 0) is 253 Å². The first-order valence-electron chi connectivity index (χ1n) is 36.1. The van der Waals surface area contributed by atoms with E-state index in [2.05, 4.69) is 480 Å². The highest BCUT2D eigenvalue weighted by Gasteiger charge is 2.22. The van der Waals surface area contributed by atoms with Gasteiger partial charge < -0.3 is 29.4 Å². The molecule has 0 bridgehead atoms. The van der Waals surface area contributed by atoms with E-state index in [9.17, 15) is 0 Å². The number of fused-ring (bicyclic) bond motifs is 2.